The standard InChI is InChI=1S/C20H21N5O3S/c1-4-24-19(15-6-5-7-16(11-15)25(27)28)22-23-20(24)29-12-18(26)21-17-9-8-13(2)10-14(17)3/h5-11H,4,12H2,1-3H3,(H,21,26). The number of aromatic nitrogens is 3. The summed E-state index contributed by atoms with van der Waals surface area (Å²) in [6.45, 7) is 6.47. The van der Waals surface area contributed by atoms with Crippen LogP contribution >= 0.6 is 11.8 Å². The molecule has 0 saturated heterocycles. The zero-order chi connectivity index (χ0) is 21.0. The number of thioether (sulfide) groups is 1. The molecule has 0 radical (unpaired) electrons. The first-order valence-electron chi connectivity index (χ1n) is 9.07. The summed E-state index contributed by atoms with van der Waals surface area (Å²) in [6, 6.07) is 12.1. The Morgan fingerprint density at radius 1 is 1.21 bits per heavy atom. The van der Waals surface area contributed by atoms with Gasteiger partial charge >= 0.3 is 0 Å². The van der Waals surface area contributed by atoms with Crippen LogP contribution in [0.5, 0.6) is 0 Å². The molecule has 9 heteroatoms. The van der Waals surface area contributed by atoms with E-state index in [4.69, 9.17) is 0 Å². The molecule has 0 unspecified atom stereocenters. The molecule has 1 aromatic heterocycles. The summed E-state index contributed by atoms with van der Waals surface area (Å²) in [4.78, 5) is 22.9. The SMILES string of the molecule is CCn1c(SCC(=O)Nc2ccc(C)cc2C)nnc1-c1cccc([N+](=O)[O-])c1. The van der Waals surface area contributed by atoms with Gasteiger partial charge in [-0.3, -0.25) is 14.9 Å². The number of benzene rings is 2. The quantitative estimate of drug-likeness (QED) is 0.355. The predicted octanol–water partition coefficient (Wildman–Crippen LogP) is 4.22. The molecule has 1 heterocycles. The number of non-ortho nitro benzene ring substituents is 1. The first-order chi connectivity index (χ1) is 13.9. The number of amides is 1. The Bertz CT molecular complexity index is 1060. The van der Waals surface area contributed by atoms with Gasteiger partial charge in [-0.05, 0) is 32.4 Å². The van der Waals surface area contributed by atoms with Gasteiger partial charge in [-0.25, -0.2) is 0 Å². The highest BCUT2D eigenvalue weighted by atomic mass is 32.2. The molecule has 0 aliphatic rings. The topological polar surface area (TPSA) is 103 Å². The minimum Gasteiger partial charge on any atom is -0.325 e. The van der Waals surface area contributed by atoms with Gasteiger partial charge in [-0.15, -0.1) is 10.2 Å². The van der Waals surface area contributed by atoms with Gasteiger partial charge in [0.05, 0.1) is 10.7 Å². The molecule has 8 nitrogen and oxygen atoms in total. The van der Waals surface area contributed by atoms with Gasteiger partial charge in [0.25, 0.3) is 5.69 Å². The number of nitrogens with one attached hydrogen (secondary N) is 1. The van der Waals surface area contributed by atoms with Gasteiger partial charge in [0.2, 0.25) is 5.91 Å². The van der Waals surface area contributed by atoms with Crippen LogP contribution in [0.15, 0.2) is 47.6 Å². The number of anilines is 1. The highest BCUT2D eigenvalue weighted by Gasteiger charge is 2.17. The second-order valence-corrected chi connectivity index (χ2v) is 7.46. The maximum absolute atomic E-state index is 12.4. The van der Waals surface area contributed by atoms with Gasteiger partial charge in [0.1, 0.15) is 0 Å². The fourth-order valence-electron chi connectivity index (χ4n) is 2.92. The molecule has 0 aliphatic carbocycles. The second kappa shape index (κ2) is 8.87. The fourth-order valence-corrected chi connectivity index (χ4v) is 3.73. The number of nitrogens with zero attached hydrogens (tertiary/aromatic N) is 4. The maximum atomic E-state index is 12.4. The van der Waals surface area contributed by atoms with Crippen molar-refractivity contribution < 1.29 is 9.72 Å². The summed E-state index contributed by atoms with van der Waals surface area (Å²) >= 11 is 1.28. The van der Waals surface area contributed by atoms with Crippen molar-refractivity contribution in [1.82, 2.24) is 14.8 Å². The Morgan fingerprint density at radius 3 is 2.69 bits per heavy atom. The lowest BCUT2D eigenvalue weighted by Crippen LogP contribution is -2.15. The lowest BCUT2D eigenvalue weighted by molar-refractivity contribution is -0.384. The molecule has 3 aromatic rings. The molecule has 0 spiro atoms. The van der Waals surface area contributed by atoms with Crippen molar-refractivity contribution in [3.8, 4) is 11.4 Å². The van der Waals surface area contributed by atoms with E-state index in [9.17, 15) is 14.9 Å². The van der Waals surface area contributed by atoms with Crippen LogP contribution in [-0.2, 0) is 11.3 Å². The summed E-state index contributed by atoms with van der Waals surface area (Å²) in [5.41, 5.74) is 3.54. The van der Waals surface area contributed by atoms with Gasteiger partial charge in [0, 0.05) is 29.9 Å². The number of nitro groups is 1. The first kappa shape index (κ1) is 20.5. The number of carbonyl (C=O) groups is 1. The van der Waals surface area contributed by atoms with Crippen LogP contribution in [0.2, 0.25) is 0 Å². The van der Waals surface area contributed by atoms with E-state index in [0.717, 1.165) is 16.8 Å². The molecule has 0 aliphatic heterocycles. The Labute approximate surface area is 172 Å². The smallest absolute Gasteiger partial charge is 0.270 e. The van der Waals surface area contributed by atoms with E-state index in [1.165, 1.54) is 23.9 Å². The molecule has 1 N–H and O–H groups in total. The number of nitro benzene ring substituents is 1. The molecule has 1 amide bonds. The van der Waals surface area contributed by atoms with Crippen molar-refractivity contribution in [1.29, 1.82) is 0 Å². The van der Waals surface area contributed by atoms with Crippen LogP contribution < -0.4 is 5.32 Å². The van der Waals surface area contributed by atoms with E-state index in [2.05, 4.69) is 15.5 Å². The predicted molar refractivity (Wildman–Crippen MR) is 113 cm³/mol. The summed E-state index contributed by atoms with van der Waals surface area (Å²) in [7, 11) is 0. The zero-order valence-corrected chi connectivity index (χ0v) is 17.2. The Kier molecular flexibility index (Phi) is 6.28. The number of carbonyl (C=O) groups excluding carboxylic acids is 1. The van der Waals surface area contributed by atoms with Crippen LogP contribution in [0, 0.1) is 24.0 Å². The summed E-state index contributed by atoms with van der Waals surface area (Å²) < 4.78 is 1.84. The van der Waals surface area contributed by atoms with E-state index in [-0.39, 0.29) is 17.3 Å². The average molecular weight is 411 g/mol. The summed E-state index contributed by atoms with van der Waals surface area (Å²) in [5, 5.41) is 22.9. The van der Waals surface area contributed by atoms with Gasteiger partial charge in [0.15, 0.2) is 11.0 Å². The van der Waals surface area contributed by atoms with E-state index in [1.807, 2.05) is 43.5 Å². The number of hydrogen-bond donors (Lipinski definition) is 1. The van der Waals surface area contributed by atoms with Crippen LogP contribution in [0.4, 0.5) is 11.4 Å². The highest BCUT2D eigenvalue weighted by molar-refractivity contribution is 7.99. The monoisotopic (exact) mass is 411 g/mol. The van der Waals surface area contributed by atoms with Crippen LogP contribution in [0.25, 0.3) is 11.4 Å². The summed E-state index contributed by atoms with van der Waals surface area (Å²) in [5.74, 6) is 0.582. The Hall–Kier alpha value is -3.20. The Balaban J connectivity index is 1.73. The van der Waals surface area contributed by atoms with Crippen molar-refractivity contribution in [2.75, 3.05) is 11.1 Å². The fraction of sp³-hybridized carbons (Fsp3) is 0.250. The number of rotatable bonds is 7. The van der Waals surface area contributed by atoms with Crippen LogP contribution in [-0.4, -0.2) is 31.3 Å². The van der Waals surface area contributed by atoms with Crippen molar-refractivity contribution in [2.45, 2.75) is 32.5 Å². The highest BCUT2D eigenvalue weighted by Crippen LogP contribution is 2.26. The van der Waals surface area contributed by atoms with Crippen molar-refractivity contribution in [3.63, 3.8) is 0 Å². The number of aryl methyl sites for hydroxylation is 2. The third-order valence-corrected chi connectivity index (χ3v) is 5.30. The molecule has 150 valence electrons. The number of hydrogen-bond acceptors (Lipinski definition) is 6. The first-order valence-corrected chi connectivity index (χ1v) is 10.1. The third-order valence-electron chi connectivity index (χ3n) is 4.34. The van der Waals surface area contributed by atoms with E-state index in [0.29, 0.717) is 23.1 Å². The van der Waals surface area contributed by atoms with Crippen molar-refractivity contribution in [2.24, 2.45) is 0 Å². The molecule has 0 fully saturated rings. The molecule has 3 rings (SSSR count). The van der Waals surface area contributed by atoms with Crippen molar-refractivity contribution >= 4 is 29.0 Å². The van der Waals surface area contributed by atoms with Crippen LogP contribution in [0.1, 0.15) is 18.1 Å². The molecule has 0 atom stereocenters. The minimum atomic E-state index is -0.441. The maximum Gasteiger partial charge on any atom is 0.270 e. The lowest BCUT2D eigenvalue weighted by atomic mass is 10.1. The second-order valence-electron chi connectivity index (χ2n) is 6.51. The molecular formula is C20H21N5O3S. The largest absolute Gasteiger partial charge is 0.325 e. The summed E-state index contributed by atoms with van der Waals surface area (Å²) in [6.07, 6.45) is 0. The van der Waals surface area contributed by atoms with Gasteiger partial charge < -0.3 is 9.88 Å². The van der Waals surface area contributed by atoms with E-state index >= 15 is 0 Å². The average Bonchev–Trinajstić information content (AvgIpc) is 3.11. The molecule has 2 aromatic carbocycles. The normalized spacial score (nSPS) is 10.7. The van der Waals surface area contributed by atoms with Crippen LogP contribution in [0.3, 0.4) is 0 Å². The van der Waals surface area contributed by atoms with E-state index < -0.39 is 4.92 Å². The molecule has 29 heavy (non-hydrogen) atoms. The lowest BCUT2D eigenvalue weighted by Gasteiger charge is -2.10. The minimum absolute atomic E-state index is 0.00444. The third kappa shape index (κ3) is 4.80. The van der Waals surface area contributed by atoms with Gasteiger partial charge in [-0.1, -0.05) is 41.6 Å². The molecular weight excluding hydrogens is 390 g/mol. The van der Waals surface area contributed by atoms with Crippen molar-refractivity contribution in [3.05, 3.63) is 63.7 Å². The molecule has 0 saturated carbocycles. The molecule has 0 bridgehead atoms. The van der Waals surface area contributed by atoms with Gasteiger partial charge in [-0.2, -0.15) is 0 Å². The zero-order valence-electron chi connectivity index (χ0n) is 16.4. The van der Waals surface area contributed by atoms with E-state index in [1.54, 1.807) is 12.1 Å². The Morgan fingerprint density at radius 2 is 2.00 bits per heavy atom.